The Morgan fingerprint density at radius 1 is 1.09 bits per heavy atom. The van der Waals surface area contributed by atoms with Gasteiger partial charge in [-0.2, -0.15) is 0 Å². The summed E-state index contributed by atoms with van der Waals surface area (Å²) in [5, 5.41) is 0.619. The van der Waals surface area contributed by atoms with E-state index in [0.29, 0.717) is 5.16 Å². The highest BCUT2D eigenvalue weighted by Crippen LogP contribution is 2.34. The quantitative estimate of drug-likeness (QED) is 0.421. The molecule has 0 spiro atoms. The van der Waals surface area contributed by atoms with Crippen molar-refractivity contribution in [2.45, 2.75) is 58.5 Å². The van der Waals surface area contributed by atoms with Crippen LogP contribution in [0.5, 0.6) is 0 Å². The van der Waals surface area contributed by atoms with E-state index in [1.54, 1.807) is 0 Å². The molecule has 0 N–H and O–H groups in total. The predicted molar refractivity (Wildman–Crippen MR) is 57.1 cm³/mol. The van der Waals surface area contributed by atoms with Gasteiger partial charge in [0.05, 0.1) is 0 Å². The van der Waals surface area contributed by atoms with Crippen LogP contribution in [0.2, 0.25) is 0 Å². The molecule has 0 aliphatic carbocycles. The van der Waals surface area contributed by atoms with Crippen molar-refractivity contribution in [1.29, 1.82) is 0 Å². The molecule has 0 rings (SSSR count). The SMILES string of the molecule is CCCCCPC(C)(C)CC. The lowest BCUT2D eigenvalue weighted by atomic mass is 10.1. The van der Waals surface area contributed by atoms with E-state index in [1.807, 2.05) is 0 Å². The summed E-state index contributed by atoms with van der Waals surface area (Å²) in [4.78, 5) is 0. The van der Waals surface area contributed by atoms with Crippen LogP contribution in [0.4, 0.5) is 0 Å². The van der Waals surface area contributed by atoms with E-state index in [0.717, 1.165) is 0 Å². The van der Waals surface area contributed by atoms with Crippen LogP contribution in [0.1, 0.15) is 53.4 Å². The van der Waals surface area contributed by atoms with Crippen LogP contribution in [-0.2, 0) is 0 Å². The van der Waals surface area contributed by atoms with Gasteiger partial charge in [-0.15, -0.1) is 8.58 Å². The van der Waals surface area contributed by atoms with E-state index in [-0.39, 0.29) is 0 Å². The second-order valence-corrected chi connectivity index (χ2v) is 6.08. The lowest BCUT2D eigenvalue weighted by molar-refractivity contribution is 0.671. The molecule has 0 aromatic heterocycles. The van der Waals surface area contributed by atoms with Gasteiger partial charge in [-0.25, -0.2) is 0 Å². The largest absolute Gasteiger partial charge is 0.116 e. The molecular formula is C10H23P. The van der Waals surface area contributed by atoms with Gasteiger partial charge >= 0.3 is 0 Å². The Kier molecular flexibility index (Phi) is 6.24. The third kappa shape index (κ3) is 6.81. The molecule has 11 heavy (non-hydrogen) atoms. The first-order chi connectivity index (χ1) is 5.12. The summed E-state index contributed by atoms with van der Waals surface area (Å²) in [6.07, 6.45) is 7.01. The molecule has 0 aliphatic heterocycles. The summed E-state index contributed by atoms with van der Waals surface area (Å²) in [6.45, 7) is 9.34. The predicted octanol–water partition coefficient (Wildman–Crippen LogP) is 4.04. The average molecular weight is 174 g/mol. The lowest BCUT2D eigenvalue weighted by Crippen LogP contribution is -2.10. The maximum absolute atomic E-state index is 2.39. The van der Waals surface area contributed by atoms with Crippen molar-refractivity contribution in [1.82, 2.24) is 0 Å². The average Bonchev–Trinajstić information content (AvgIpc) is 1.99. The number of unbranched alkanes of at least 4 members (excludes halogenated alkanes) is 2. The van der Waals surface area contributed by atoms with Crippen LogP contribution >= 0.6 is 8.58 Å². The number of rotatable bonds is 6. The maximum Gasteiger partial charge on any atom is -0.0181 e. The van der Waals surface area contributed by atoms with Crippen molar-refractivity contribution >= 4 is 8.58 Å². The van der Waals surface area contributed by atoms with Crippen molar-refractivity contribution < 1.29 is 0 Å². The van der Waals surface area contributed by atoms with Crippen LogP contribution in [0, 0.1) is 0 Å². The second-order valence-electron chi connectivity index (χ2n) is 3.87. The molecule has 0 amide bonds. The lowest BCUT2D eigenvalue weighted by Gasteiger charge is -2.22. The molecule has 0 aliphatic rings. The normalized spacial score (nSPS) is 13.1. The molecule has 0 nitrogen and oxygen atoms in total. The van der Waals surface area contributed by atoms with Gasteiger partial charge in [-0.3, -0.25) is 0 Å². The summed E-state index contributed by atoms with van der Waals surface area (Å²) in [5.41, 5.74) is 0. The van der Waals surface area contributed by atoms with Gasteiger partial charge in [0, 0.05) is 0 Å². The minimum absolute atomic E-state index is 0.619. The minimum Gasteiger partial charge on any atom is -0.116 e. The molecule has 0 aromatic rings. The summed E-state index contributed by atoms with van der Waals surface area (Å²) < 4.78 is 0. The van der Waals surface area contributed by atoms with Crippen molar-refractivity contribution in [3.05, 3.63) is 0 Å². The first kappa shape index (κ1) is 11.4. The fourth-order valence-electron chi connectivity index (χ4n) is 0.927. The molecule has 1 atom stereocenters. The Bertz CT molecular complexity index is 86.9. The molecule has 0 heterocycles. The van der Waals surface area contributed by atoms with Crippen molar-refractivity contribution in [2.75, 3.05) is 6.16 Å². The number of hydrogen-bond acceptors (Lipinski definition) is 0. The first-order valence-electron chi connectivity index (χ1n) is 4.87. The molecule has 0 saturated heterocycles. The fraction of sp³-hybridized carbons (Fsp3) is 1.00. The van der Waals surface area contributed by atoms with Gasteiger partial charge in [-0.1, -0.05) is 40.5 Å². The van der Waals surface area contributed by atoms with Crippen LogP contribution in [0.15, 0.2) is 0 Å². The van der Waals surface area contributed by atoms with Crippen molar-refractivity contribution in [3.63, 3.8) is 0 Å². The highest BCUT2D eigenvalue weighted by atomic mass is 31.1. The molecule has 1 unspecified atom stereocenters. The highest BCUT2D eigenvalue weighted by molar-refractivity contribution is 7.39. The van der Waals surface area contributed by atoms with Crippen LogP contribution in [-0.4, -0.2) is 11.3 Å². The third-order valence-corrected chi connectivity index (χ3v) is 4.18. The second kappa shape index (κ2) is 6.00. The Balaban J connectivity index is 3.23. The van der Waals surface area contributed by atoms with E-state index in [9.17, 15) is 0 Å². The molecule has 0 saturated carbocycles. The summed E-state index contributed by atoms with van der Waals surface area (Å²) in [6, 6.07) is 0. The van der Waals surface area contributed by atoms with Crippen LogP contribution in [0.3, 0.4) is 0 Å². The van der Waals surface area contributed by atoms with Crippen LogP contribution in [0.25, 0.3) is 0 Å². The third-order valence-electron chi connectivity index (χ3n) is 2.27. The van der Waals surface area contributed by atoms with Gasteiger partial charge in [0.25, 0.3) is 0 Å². The molecular weight excluding hydrogens is 151 g/mol. The van der Waals surface area contributed by atoms with E-state index < -0.39 is 0 Å². The van der Waals surface area contributed by atoms with Crippen molar-refractivity contribution in [3.8, 4) is 0 Å². The molecule has 0 bridgehead atoms. The van der Waals surface area contributed by atoms with E-state index in [4.69, 9.17) is 0 Å². The van der Waals surface area contributed by atoms with Gasteiger partial charge in [-0.05, 0) is 24.2 Å². The smallest absolute Gasteiger partial charge is 0.0181 e. The number of hydrogen-bond donors (Lipinski definition) is 0. The molecule has 0 fully saturated rings. The van der Waals surface area contributed by atoms with Gasteiger partial charge < -0.3 is 0 Å². The Hall–Kier alpha value is 0.430. The van der Waals surface area contributed by atoms with Gasteiger partial charge in [0.1, 0.15) is 0 Å². The molecule has 68 valence electrons. The highest BCUT2D eigenvalue weighted by Gasteiger charge is 2.13. The monoisotopic (exact) mass is 174 g/mol. The standard InChI is InChI=1S/C10H23P/c1-5-7-8-9-11-10(3,4)6-2/h11H,5-9H2,1-4H3. The fourth-order valence-corrected chi connectivity index (χ4v) is 2.28. The summed E-state index contributed by atoms with van der Waals surface area (Å²) in [5.74, 6) is 0. The van der Waals surface area contributed by atoms with Gasteiger partial charge in [0.15, 0.2) is 0 Å². The van der Waals surface area contributed by atoms with E-state index in [2.05, 4.69) is 27.7 Å². The minimum atomic E-state index is 0.619. The summed E-state index contributed by atoms with van der Waals surface area (Å²) >= 11 is 0. The first-order valence-corrected chi connectivity index (χ1v) is 6.08. The zero-order valence-electron chi connectivity index (χ0n) is 8.54. The maximum atomic E-state index is 2.39. The zero-order chi connectivity index (χ0) is 8.74. The Morgan fingerprint density at radius 2 is 1.73 bits per heavy atom. The summed E-state index contributed by atoms with van der Waals surface area (Å²) in [7, 11) is 1.17. The topological polar surface area (TPSA) is 0 Å². The van der Waals surface area contributed by atoms with Crippen molar-refractivity contribution in [2.24, 2.45) is 0 Å². The molecule has 0 aromatic carbocycles. The van der Waals surface area contributed by atoms with Crippen LogP contribution < -0.4 is 0 Å². The van der Waals surface area contributed by atoms with Gasteiger partial charge in [0.2, 0.25) is 0 Å². The zero-order valence-corrected chi connectivity index (χ0v) is 9.54. The Labute approximate surface area is 73.9 Å². The Morgan fingerprint density at radius 3 is 2.18 bits per heavy atom. The van der Waals surface area contributed by atoms with E-state index in [1.165, 1.54) is 40.4 Å². The molecule has 0 radical (unpaired) electrons. The van der Waals surface area contributed by atoms with E-state index >= 15 is 0 Å². The molecule has 1 heteroatoms.